The molecule has 1 fully saturated rings. The van der Waals surface area contributed by atoms with Crippen molar-refractivity contribution >= 4 is 11.7 Å². The molecule has 0 saturated carbocycles. The third kappa shape index (κ3) is 2.33. The summed E-state index contributed by atoms with van der Waals surface area (Å²) < 4.78 is 5.57. The van der Waals surface area contributed by atoms with E-state index in [0.717, 1.165) is 19.4 Å². The smallest absolute Gasteiger partial charge is 0.269 e. The van der Waals surface area contributed by atoms with E-state index in [9.17, 15) is 4.79 Å². The molecule has 6 heteroatoms. The second kappa shape index (κ2) is 4.13. The number of anilines is 1. The molecule has 0 spiro atoms. The summed E-state index contributed by atoms with van der Waals surface area (Å²) in [6.07, 6.45) is 2.02. The van der Waals surface area contributed by atoms with Crippen LogP contribution in [0.4, 0.5) is 5.82 Å². The van der Waals surface area contributed by atoms with Crippen LogP contribution in [0.15, 0.2) is 6.07 Å². The first kappa shape index (κ1) is 10.9. The van der Waals surface area contributed by atoms with Crippen LogP contribution in [0.5, 0.6) is 0 Å². The molecule has 6 nitrogen and oxygen atoms in total. The molecule has 1 saturated heterocycles. The molecule has 1 unspecified atom stereocenters. The van der Waals surface area contributed by atoms with Gasteiger partial charge in [0.1, 0.15) is 11.5 Å². The number of aromatic amines is 1. The van der Waals surface area contributed by atoms with Crippen LogP contribution in [0.25, 0.3) is 0 Å². The van der Waals surface area contributed by atoms with Gasteiger partial charge < -0.3 is 15.8 Å². The van der Waals surface area contributed by atoms with Crippen molar-refractivity contribution in [2.75, 3.05) is 18.9 Å². The zero-order valence-corrected chi connectivity index (χ0v) is 9.25. The molecule has 2 rings (SSSR count). The Bertz CT molecular complexity index is 382. The first-order valence-corrected chi connectivity index (χ1v) is 5.32. The topological polar surface area (TPSA) is 93.0 Å². The van der Waals surface area contributed by atoms with Crippen LogP contribution in [0.1, 0.15) is 30.3 Å². The Morgan fingerprint density at radius 3 is 3.19 bits per heavy atom. The first-order valence-electron chi connectivity index (χ1n) is 5.32. The molecule has 1 aliphatic heterocycles. The normalized spacial score (nSPS) is 24.6. The number of nitrogens with zero attached hydrogens (tertiary/aromatic N) is 1. The summed E-state index contributed by atoms with van der Waals surface area (Å²) >= 11 is 0. The molecule has 0 aliphatic carbocycles. The number of nitrogens with one attached hydrogen (secondary N) is 2. The molecule has 1 aromatic heterocycles. The summed E-state index contributed by atoms with van der Waals surface area (Å²) in [5.41, 5.74) is 5.55. The second-order valence-corrected chi connectivity index (χ2v) is 4.29. The Morgan fingerprint density at radius 1 is 1.81 bits per heavy atom. The van der Waals surface area contributed by atoms with E-state index in [1.165, 1.54) is 6.07 Å². The van der Waals surface area contributed by atoms with Gasteiger partial charge >= 0.3 is 0 Å². The van der Waals surface area contributed by atoms with Gasteiger partial charge in [0.2, 0.25) is 0 Å². The molecule has 0 radical (unpaired) electrons. The summed E-state index contributed by atoms with van der Waals surface area (Å²) in [6.45, 7) is 3.27. The fraction of sp³-hybridized carbons (Fsp3) is 0.600. The van der Waals surface area contributed by atoms with Crippen LogP contribution in [0.2, 0.25) is 0 Å². The molecular formula is C10H16N4O2. The number of rotatable bonds is 3. The minimum absolute atomic E-state index is 0.207. The Balaban J connectivity index is 1.88. The van der Waals surface area contributed by atoms with Gasteiger partial charge in [0.25, 0.3) is 5.91 Å². The van der Waals surface area contributed by atoms with Crippen LogP contribution in [-0.4, -0.2) is 34.9 Å². The van der Waals surface area contributed by atoms with E-state index in [4.69, 9.17) is 10.5 Å². The number of carbonyl (C=O) groups is 1. The van der Waals surface area contributed by atoms with Crippen LogP contribution in [0, 0.1) is 0 Å². The van der Waals surface area contributed by atoms with Crippen LogP contribution in [0.3, 0.4) is 0 Å². The molecule has 0 aromatic carbocycles. The Hall–Kier alpha value is -1.56. The highest BCUT2D eigenvalue weighted by Gasteiger charge is 2.30. The highest BCUT2D eigenvalue weighted by Crippen LogP contribution is 2.23. The van der Waals surface area contributed by atoms with Gasteiger partial charge in [-0.25, -0.2) is 0 Å². The summed E-state index contributed by atoms with van der Waals surface area (Å²) in [5.74, 6) is 0.106. The van der Waals surface area contributed by atoms with E-state index in [-0.39, 0.29) is 11.5 Å². The predicted molar refractivity (Wildman–Crippen MR) is 58.9 cm³/mol. The Kier molecular flexibility index (Phi) is 2.82. The highest BCUT2D eigenvalue weighted by atomic mass is 16.5. The van der Waals surface area contributed by atoms with Gasteiger partial charge in [0.05, 0.1) is 5.60 Å². The maximum Gasteiger partial charge on any atom is 0.269 e. The molecular weight excluding hydrogens is 208 g/mol. The number of ether oxygens (including phenoxy) is 1. The van der Waals surface area contributed by atoms with Crippen molar-refractivity contribution in [1.29, 1.82) is 0 Å². The maximum absolute atomic E-state index is 11.7. The number of nitrogen functional groups attached to an aromatic ring is 1. The number of amides is 1. The molecule has 88 valence electrons. The van der Waals surface area contributed by atoms with Gasteiger partial charge in [-0.1, -0.05) is 0 Å². The molecule has 4 N–H and O–H groups in total. The predicted octanol–water partition coefficient (Wildman–Crippen LogP) is 0.291. The monoisotopic (exact) mass is 224 g/mol. The van der Waals surface area contributed by atoms with Crippen LogP contribution in [-0.2, 0) is 4.74 Å². The highest BCUT2D eigenvalue weighted by molar-refractivity contribution is 5.92. The second-order valence-electron chi connectivity index (χ2n) is 4.29. The van der Waals surface area contributed by atoms with Crippen LogP contribution < -0.4 is 11.1 Å². The third-order valence-electron chi connectivity index (χ3n) is 2.77. The Labute approximate surface area is 93.5 Å². The van der Waals surface area contributed by atoms with E-state index >= 15 is 0 Å². The van der Waals surface area contributed by atoms with Crippen LogP contribution >= 0.6 is 0 Å². The van der Waals surface area contributed by atoms with Crippen molar-refractivity contribution in [2.24, 2.45) is 0 Å². The van der Waals surface area contributed by atoms with E-state index in [1.54, 1.807) is 0 Å². The molecule has 16 heavy (non-hydrogen) atoms. The lowest BCUT2D eigenvalue weighted by Crippen LogP contribution is -2.40. The van der Waals surface area contributed by atoms with Crippen molar-refractivity contribution in [1.82, 2.24) is 15.5 Å². The lowest BCUT2D eigenvalue weighted by atomic mass is 10.0. The van der Waals surface area contributed by atoms with Crippen molar-refractivity contribution in [3.63, 3.8) is 0 Å². The quantitative estimate of drug-likeness (QED) is 0.688. The zero-order valence-electron chi connectivity index (χ0n) is 9.25. The largest absolute Gasteiger partial charge is 0.382 e. The van der Waals surface area contributed by atoms with Crippen molar-refractivity contribution in [3.8, 4) is 0 Å². The molecule has 1 amide bonds. The van der Waals surface area contributed by atoms with Crippen molar-refractivity contribution in [2.45, 2.75) is 25.4 Å². The standard InChI is InChI=1S/C10H16N4O2/c1-10(3-2-4-16-10)6-12-9(15)7-5-8(11)14-13-7/h5H,2-4,6H2,1H3,(H,12,15)(H3,11,13,14). The number of carbonyl (C=O) groups excluding carboxylic acids is 1. The fourth-order valence-electron chi connectivity index (χ4n) is 1.79. The van der Waals surface area contributed by atoms with Gasteiger partial charge in [-0.3, -0.25) is 9.89 Å². The Morgan fingerprint density at radius 2 is 2.62 bits per heavy atom. The third-order valence-corrected chi connectivity index (χ3v) is 2.77. The number of nitrogens with two attached hydrogens (primary N) is 1. The summed E-state index contributed by atoms with van der Waals surface area (Å²) in [6, 6.07) is 1.51. The number of aromatic nitrogens is 2. The lowest BCUT2D eigenvalue weighted by molar-refractivity contribution is 0.0205. The zero-order chi connectivity index (χ0) is 11.6. The van der Waals surface area contributed by atoms with E-state index < -0.39 is 0 Å². The summed E-state index contributed by atoms with van der Waals surface area (Å²) in [7, 11) is 0. The number of hydrogen-bond donors (Lipinski definition) is 3. The SMILES string of the molecule is CC1(CNC(=O)c2cc(N)n[nH]2)CCCO1. The molecule has 0 bridgehead atoms. The minimum atomic E-state index is -0.235. The summed E-state index contributed by atoms with van der Waals surface area (Å²) in [5, 5.41) is 9.06. The average molecular weight is 224 g/mol. The van der Waals surface area contributed by atoms with Crippen molar-refractivity contribution in [3.05, 3.63) is 11.8 Å². The number of hydrogen-bond acceptors (Lipinski definition) is 4. The van der Waals surface area contributed by atoms with Gasteiger partial charge in [0, 0.05) is 19.2 Å². The van der Waals surface area contributed by atoms with E-state index in [1.807, 2.05) is 6.92 Å². The van der Waals surface area contributed by atoms with Gasteiger partial charge in [-0.15, -0.1) is 0 Å². The average Bonchev–Trinajstić information content (AvgIpc) is 2.85. The molecule has 1 aliphatic rings. The lowest BCUT2D eigenvalue weighted by Gasteiger charge is -2.23. The van der Waals surface area contributed by atoms with E-state index in [2.05, 4.69) is 15.5 Å². The van der Waals surface area contributed by atoms with Crippen molar-refractivity contribution < 1.29 is 9.53 Å². The van der Waals surface area contributed by atoms with E-state index in [0.29, 0.717) is 18.1 Å². The minimum Gasteiger partial charge on any atom is -0.382 e. The maximum atomic E-state index is 11.7. The van der Waals surface area contributed by atoms with Gasteiger partial charge in [-0.05, 0) is 19.8 Å². The summed E-state index contributed by atoms with van der Waals surface area (Å²) in [4.78, 5) is 11.7. The number of H-pyrrole nitrogens is 1. The molecule has 1 atom stereocenters. The van der Waals surface area contributed by atoms with Gasteiger partial charge in [0.15, 0.2) is 0 Å². The first-order chi connectivity index (χ1) is 7.59. The fourth-order valence-corrected chi connectivity index (χ4v) is 1.79. The molecule has 2 heterocycles. The van der Waals surface area contributed by atoms with Gasteiger partial charge in [-0.2, -0.15) is 5.10 Å². The molecule has 1 aromatic rings.